The molecule has 0 aliphatic carbocycles. The van der Waals surface area contributed by atoms with E-state index in [0.29, 0.717) is 0 Å². The van der Waals surface area contributed by atoms with Crippen molar-refractivity contribution >= 4 is 31.5 Å². The van der Waals surface area contributed by atoms with Gasteiger partial charge >= 0.3 is 31.5 Å². The zero-order valence-electron chi connectivity index (χ0n) is 9.75. The first-order valence-corrected chi connectivity index (χ1v) is 6.58. The molecular weight excluding hydrogens is 303 g/mol. The molecule has 11 nitrogen and oxygen atoms in total. The van der Waals surface area contributed by atoms with E-state index in [2.05, 4.69) is 4.52 Å². The monoisotopic (exact) mass is 314 g/mol. The number of hydrogen-bond donors (Lipinski definition) is 5. The van der Waals surface area contributed by atoms with Gasteiger partial charge in [0.2, 0.25) is 0 Å². The predicted molar refractivity (Wildman–Crippen MR) is 58.3 cm³/mol. The Hall–Kier alpha value is -1.97. The molecule has 0 aromatic carbocycles. The first kappa shape index (κ1) is 18.0. The van der Waals surface area contributed by atoms with Gasteiger partial charge in [0.05, 0.1) is 12.8 Å². The molecule has 0 saturated heterocycles. The van der Waals surface area contributed by atoms with Crippen LogP contribution >= 0.6 is 7.60 Å². The molecule has 0 aromatic heterocycles. The Morgan fingerprint density at radius 3 is 1.55 bits per heavy atom. The van der Waals surface area contributed by atoms with Crippen molar-refractivity contribution in [1.29, 1.82) is 0 Å². The minimum absolute atomic E-state index is 1.43. The molecule has 5 N–H and O–H groups in total. The largest absolute Gasteiger partial charge is 0.481 e. The lowest BCUT2D eigenvalue weighted by molar-refractivity contribution is -0.167. The van der Waals surface area contributed by atoms with Gasteiger partial charge in [-0.15, -0.1) is 0 Å². The van der Waals surface area contributed by atoms with Crippen LogP contribution in [0.25, 0.3) is 0 Å². The number of rotatable bonds is 9. The van der Waals surface area contributed by atoms with Crippen molar-refractivity contribution in [3.63, 3.8) is 0 Å². The lowest BCUT2D eigenvalue weighted by Gasteiger charge is -2.28. The molecule has 20 heavy (non-hydrogen) atoms. The smallest absolute Gasteiger partial charge is 0.340 e. The Balaban J connectivity index is 5.54. The molecule has 114 valence electrons. The summed E-state index contributed by atoms with van der Waals surface area (Å²) >= 11 is 0. The summed E-state index contributed by atoms with van der Waals surface area (Å²) in [6.07, 6.45) is -4.36. The van der Waals surface area contributed by atoms with Gasteiger partial charge < -0.3 is 25.3 Å². The summed E-state index contributed by atoms with van der Waals surface area (Å²) < 4.78 is 15.6. The molecule has 0 aliphatic heterocycles. The Morgan fingerprint density at radius 1 is 0.900 bits per heavy atom. The van der Waals surface area contributed by atoms with Crippen LogP contribution < -0.4 is 0 Å². The van der Waals surface area contributed by atoms with Crippen LogP contribution in [-0.4, -0.2) is 61.0 Å². The summed E-state index contributed by atoms with van der Waals surface area (Å²) in [5.41, 5.74) is -3.04. The van der Waals surface area contributed by atoms with Gasteiger partial charge in [-0.05, 0) is 0 Å². The van der Waals surface area contributed by atoms with Crippen LogP contribution in [0.4, 0.5) is 0 Å². The molecule has 0 heterocycles. The maximum absolute atomic E-state index is 11.4. The van der Waals surface area contributed by atoms with E-state index in [-0.39, 0.29) is 0 Å². The average Bonchev–Trinajstić information content (AvgIpc) is 2.10. The summed E-state index contributed by atoms with van der Waals surface area (Å²) in [4.78, 5) is 51.7. The third-order valence-corrected chi connectivity index (χ3v) is 3.22. The van der Waals surface area contributed by atoms with Crippen molar-refractivity contribution in [3.05, 3.63) is 0 Å². The topological polar surface area (TPSA) is 196 Å². The highest BCUT2D eigenvalue weighted by molar-refractivity contribution is 7.53. The van der Waals surface area contributed by atoms with E-state index < -0.39 is 56.1 Å². The first-order valence-electron chi connectivity index (χ1n) is 4.81. The highest BCUT2D eigenvalue weighted by Crippen LogP contribution is 2.48. The summed E-state index contributed by atoms with van der Waals surface area (Å²) in [6.45, 7) is 0. The van der Waals surface area contributed by atoms with Crippen LogP contribution in [0.1, 0.15) is 12.8 Å². The second-order valence-electron chi connectivity index (χ2n) is 3.72. The van der Waals surface area contributed by atoms with Gasteiger partial charge in [0.1, 0.15) is 6.16 Å². The van der Waals surface area contributed by atoms with Crippen molar-refractivity contribution in [3.8, 4) is 0 Å². The number of hydrogen-bond acceptors (Lipinski definition) is 6. The molecule has 0 spiro atoms. The maximum Gasteiger partial charge on any atom is 0.340 e. The fourth-order valence-corrected chi connectivity index (χ4v) is 2.44. The molecule has 1 atom stereocenters. The molecular formula is C8H11O11P. The average molecular weight is 314 g/mol. The Labute approximate surface area is 110 Å². The molecule has 1 unspecified atom stereocenters. The first-order chi connectivity index (χ1) is 8.90. The second-order valence-corrected chi connectivity index (χ2v) is 5.49. The summed E-state index contributed by atoms with van der Waals surface area (Å²) in [5.74, 6) is -7.52. The van der Waals surface area contributed by atoms with Crippen LogP contribution in [-0.2, 0) is 28.3 Å². The molecule has 12 heteroatoms. The second kappa shape index (κ2) is 6.46. The third kappa shape index (κ3) is 5.78. The van der Waals surface area contributed by atoms with Crippen molar-refractivity contribution < 1.29 is 53.6 Å². The van der Waals surface area contributed by atoms with E-state index in [0.717, 1.165) is 0 Å². The molecule has 0 radical (unpaired) electrons. The highest BCUT2D eigenvalue weighted by atomic mass is 31.2. The van der Waals surface area contributed by atoms with Crippen LogP contribution in [0.2, 0.25) is 0 Å². The van der Waals surface area contributed by atoms with E-state index in [1.54, 1.807) is 0 Å². The third-order valence-electron chi connectivity index (χ3n) is 1.92. The van der Waals surface area contributed by atoms with Gasteiger partial charge in [-0.25, -0.2) is 4.79 Å². The Morgan fingerprint density at radius 2 is 1.30 bits per heavy atom. The molecule has 0 aliphatic rings. The quantitative estimate of drug-likeness (QED) is 0.329. The Kier molecular flexibility index (Phi) is 5.82. The number of carboxylic acids is 4. The summed E-state index contributed by atoms with van der Waals surface area (Å²) in [6, 6.07) is 0. The van der Waals surface area contributed by atoms with E-state index in [1.807, 2.05) is 0 Å². The van der Waals surface area contributed by atoms with E-state index in [9.17, 15) is 28.6 Å². The summed E-state index contributed by atoms with van der Waals surface area (Å²) in [7, 11) is -5.04. The molecule has 0 aromatic rings. The van der Waals surface area contributed by atoms with Crippen molar-refractivity contribution in [2.24, 2.45) is 0 Å². The van der Waals surface area contributed by atoms with Gasteiger partial charge in [-0.2, -0.15) is 0 Å². The standard InChI is InChI=1S/C8H11O11P/c9-4(10)1-8(7(15)16,2-5(11)12)19-20(17,18)3-6(13)14/h1-3H2,(H,9,10)(H,11,12)(H,13,14)(H,15,16)(H,17,18). The minimum atomic E-state index is -5.04. The van der Waals surface area contributed by atoms with Gasteiger partial charge in [-0.3, -0.25) is 23.5 Å². The van der Waals surface area contributed by atoms with Crippen molar-refractivity contribution in [2.45, 2.75) is 18.4 Å². The van der Waals surface area contributed by atoms with Crippen molar-refractivity contribution in [2.75, 3.05) is 6.16 Å². The SMILES string of the molecule is O=C(O)CC(CC(=O)O)(OP(=O)(O)CC(=O)O)C(=O)O. The molecule has 0 bridgehead atoms. The van der Waals surface area contributed by atoms with Gasteiger partial charge in [-0.1, -0.05) is 0 Å². The van der Waals surface area contributed by atoms with Crippen LogP contribution in [0.15, 0.2) is 0 Å². The van der Waals surface area contributed by atoms with Crippen LogP contribution in [0.3, 0.4) is 0 Å². The van der Waals surface area contributed by atoms with Crippen molar-refractivity contribution in [1.82, 2.24) is 0 Å². The zero-order valence-corrected chi connectivity index (χ0v) is 10.6. The molecule has 0 fully saturated rings. The number of carbonyl (C=O) groups is 4. The fraction of sp³-hybridized carbons (Fsp3) is 0.500. The van der Waals surface area contributed by atoms with Crippen LogP contribution in [0.5, 0.6) is 0 Å². The van der Waals surface area contributed by atoms with Gasteiger partial charge in [0.25, 0.3) is 0 Å². The van der Waals surface area contributed by atoms with E-state index >= 15 is 0 Å². The minimum Gasteiger partial charge on any atom is -0.481 e. The molecule has 0 amide bonds. The van der Waals surface area contributed by atoms with Gasteiger partial charge in [0.15, 0.2) is 5.60 Å². The van der Waals surface area contributed by atoms with E-state index in [4.69, 9.17) is 20.4 Å². The predicted octanol–water partition coefficient (Wildman–Crippen LogP) is -0.954. The lowest BCUT2D eigenvalue weighted by atomic mass is 9.96. The number of carboxylic acid groups (broad SMARTS) is 4. The van der Waals surface area contributed by atoms with E-state index in [1.165, 1.54) is 0 Å². The molecule has 0 saturated carbocycles. The molecule has 0 rings (SSSR count). The number of aliphatic carboxylic acids is 4. The zero-order chi connectivity index (χ0) is 16.1. The maximum atomic E-state index is 11.4. The Bertz CT molecular complexity index is 465. The lowest BCUT2D eigenvalue weighted by Crippen LogP contribution is -2.45. The fourth-order valence-electron chi connectivity index (χ4n) is 1.28. The van der Waals surface area contributed by atoms with Gasteiger partial charge in [0, 0.05) is 0 Å². The summed E-state index contributed by atoms with van der Waals surface area (Å²) in [5, 5.41) is 34.4. The normalized spacial score (nSPS) is 14.2. The van der Waals surface area contributed by atoms with Crippen LogP contribution in [0, 0.1) is 0 Å². The highest BCUT2D eigenvalue weighted by Gasteiger charge is 2.49.